The lowest BCUT2D eigenvalue weighted by Gasteiger charge is -2.36. The van der Waals surface area contributed by atoms with Crippen LogP contribution in [-0.4, -0.2) is 96.7 Å². The second-order valence-corrected chi connectivity index (χ2v) is 12.5. The number of nitrogens with one attached hydrogen (secondary N) is 3. The topological polar surface area (TPSA) is 166 Å². The fraction of sp³-hybridized carbons (Fsp3) is 0.581. The molecule has 14 heteroatoms. The standard InChI is InChI=1S/C31H42N6O7S/c1-18(13-34-27(39)17-43-10-9-41-2)35-21-11-19(12-21)30(40)37-31-36-23-8-7-22(28(42-3)29(23)45-31)20-14-32-26(33-15-20)16-44-25-6-4-5-24(25)38/h7-8,14-15,18-19,21,24-25,35,38H,4-6,9-13,16-17H2,1-3H3,(H,34,39)(H,36,37,40)/t18-,19?,21?,24-,25-/m0/s1. The van der Waals surface area contributed by atoms with Crippen molar-refractivity contribution in [1.82, 2.24) is 25.6 Å². The molecule has 0 radical (unpaired) electrons. The number of aromatic nitrogens is 3. The molecule has 0 bridgehead atoms. The molecule has 2 aliphatic carbocycles. The van der Waals surface area contributed by atoms with E-state index in [0.717, 1.165) is 40.6 Å². The van der Waals surface area contributed by atoms with Crippen LogP contribution in [0.15, 0.2) is 24.5 Å². The first-order chi connectivity index (χ1) is 21.8. The van der Waals surface area contributed by atoms with Crippen molar-refractivity contribution in [2.45, 2.75) is 69.9 Å². The number of ether oxygens (including phenoxy) is 4. The predicted molar refractivity (Wildman–Crippen MR) is 169 cm³/mol. The minimum atomic E-state index is -0.421. The highest BCUT2D eigenvalue weighted by molar-refractivity contribution is 7.22. The Bertz CT molecular complexity index is 1430. The Morgan fingerprint density at radius 3 is 2.64 bits per heavy atom. The Balaban J connectivity index is 1.10. The Labute approximate surface area is 266 Å². The summed E-state index contributed by atoms with van der Waals surface area (Å²) in [5.74, 6) is 0.854. The number of benzene rings is 1. The van der Waals surface area contributed by atoms with Crippen LogP contribution in [0, 0.1) is 5.92 Å². The van der Waals surface area contributed by atoms with Crippen molar-refractivity contribution in [3.8, 4) is 16.9 Å². The molecule has 244 valence electrons. The van der Waals surface area contributed by atoms with Gasteiger partial charge in [-0.05, 0) is 51.2 Å². The predicted octanol–water partition coefficient (Wildman–Crippen LogP) is 2.67. The van der Waals surface area contributed by atoms with Gasteiger partial charge >= 0.3 is 0 Å². The van der Waals surface area contributed by atoms with E-state index in [-0.39, 0.29) is 49.1 Å². The fourth-order valence-electron chi connectivity index (χ4n) is 5.56. The third-order valence-electron chi connectivity index (χ3n) is 8.11. The number of aliphatic hydroxyl groups excluding tert-OH is 1. The van der Waals surface area contributed by atoms with Crippen LogP contribution >= 0.6 is 11.3 Å². The summed E-state index contributed by atoms with van der Waals surface area (Å²) >= 11 is 1.37. The van der Waals surface area contributed by atoms with Gasteiger partial charge in [0.1, 0.15) is 19.0 Å². The third kappa shape index (κ3) is 8.71. The Morgan fingerprint density at radius 1 is 1.13 bits per heavy atom. The van der Waals surface area contributed by atoms with Gasteiger partial charge < -0.3 is 40.0 Å². The van der Waals surface area contributed by atoms with Crippen LogP contribution < -0.4 is 20.7 Å². The minimum Gasteiger partial charge on any atom is -0.495 e. The van der Waals surface area contributed by atoms with E-state index < -0.39 is 6.10 Å². The number of anilines is 1. The smallest absolute Gasteiger partial charge is 0.246 e. The van der Waals surface area contributed by atoms with Crippen molar-refractivity contribution in [2.75, 3.05) is 45.9 Å². The lowest BCUT2D eigenvalue weighted by Crippen LogP contribution is -2.51. The van der Waals surface area contributed by atoms with Gasteiger partial charge in [0, 0.05) is 55.2 Å². The summed E-state index contributed by atoms with van der Waals surface area (Å²) in [5, 5.41) is 19.8. The van der Waals surface area contributed by atoms with Gasteiger partial charge in [0.05, 0.1) is 42.7 Å². The van der Waals surface area contributed by atoms with Gasteiger partial charge in [-0.25, -0.2) is 15.0 Å². The number of carbonyl (C=O) groups is 2. The van der Waals surface area contributed by atoms with E-state index in [1.165, 1.54) is 11.3 Å². The second kappa shape index (κ2) is 15.8. The Hall–Kier alpha value is -3.27. The summed E-state index contributed by atoms with van der Waals surface area (Å²) < 4.78 is 22.5. The number of fused-ring (bicyclic) bond motifs is 1. The summed E-state index contributed by atoms with van der Waals surface area (Å²) in [6.07, 6.45) is 6.90. The number of amides is 2. The highest BCUT2D eigenvalue weighted by Gasteiger charge is 2.35. The molecule has 2 aliphatic rings. The molecule has 4 N–H and O–H groups in total. The van der Waals surface area contributed by atoms with Crippen molar-refractivity contribution < 1.29 is 33.6 Å². The molecule has 5 rings (SSSR count). The summed E-state index contributed by atoms with van der Waals surface area (Å²) in [6.45, 7) is 3.56. The summed E-state index contributed by atoms with van der Waals surface area (Å²) in [5.41, 5.74) is 2.33. The zero-order valence-corrected chi connectivity index (χ0v) is 26.7. The average molecular weight is 643 g/mol. The number of rotatable bonds is 16. The number of thiazole rings is 1. The average Bonchev–Trinajstić information content (AvgIpc) is 3.63. The molecule has 45 heavy (non-hydrogen) atoms. The molecular weight excluding hydrogens is 600 g/mol. The van der Waals surface area contributed by atoms with Gasteiger partial charge in [-0.1, -0.05) is 11.3 Å². The van der Waals surface area contributed by atoms with Crippen LogP contribution in [0.1, 0.15) is 44.9 Å². The maximum atomic E-state index is 13.0. The van der Waals surface area contributed by atoms with E-state index in [1.54, 1.807) is 26.6 Å². The van der Waals surface area contributed by atoms with E-state index in [2.05, 4.69) is 30.9 Å². The van der Waals surface area contributed by atoms with Crippen LogP contribution in [0.2, 0.25) is 0 Å². The van der Waals surface area contributed by atoms with E-state index in [9.17, 15) is 14.7 Å². The fourth-order valence-corrected chi connectivity index (χ4v) is 6.56. The summed E-state index contributed by atoms with van der Waals surface area (Å²) in [4.78, 5) is 38.4. The number of nitrogens with zero attached hydrogens (tertiary/aromatic N) is 3. The zero-order valence-electron chi connectivity index (χ0n) is 25.9. The van der Waals surface area contributed by atoms with Crippen molar-refractivity contribution in [3.05, 3.63) is 30.4 Å². The van der Waals surface area contributed by atoms with Crippen molar-refractivity contribution in [1.29, 1.82) is 0 Å². The van der Waals surface area contributed by atoms with E-state index >= 15 is 0 Å². The highest BCUT2D eigenvalue weighted by Crippen LogP contribution is 2.41. The molecule has 0 unspecified atom stereocenters. The van der Waals surface area contributed by atoms with Crippen LogP contribution in [0.4, 0.5) is 5.13 Å². The molecule has 3 atom stereocenters. The number of aliphatic hydroxyl groups is 1. The van der Waals surface area contributed by atoms with E-state index in [0.29, 0.717) is 49.3 Å². The van der Waals surface area contributed by atoms with Crippen LogP contribution in [0.25, 0.3) is 21.3 Å². The van der Waals surface area contributed by atoms with Gasteiger partial charge in [0.2, 0.25) is 11.8 Å². The maximum absolute atomic E-state index is 13.0. The van der Waals surface area contributed by atoms with E-state index in [1.807, 2.05) is 19.1 Å². The normalized spacial score (nSPS) is 21.8. The molecule has 2 heterocycles. The Morgan fingerprint density at radius 2 is 1.93 bits per heavy atom. The maximum Gasteiger partial charge on any atom is 0.246 e. The van der Waals surface area contributed by atoms with Crippen LogP contribution in [0.3, 0.4) is 0 Å². The molecule has 1 aromatic carbocycles. The first-order valence-electron chi connectivity index (χ1n) is 15.3. The molecule has 0 aliphatic heterocycles. The first kappa shape index (κ1) is 33.1. The lowest BCUT2D eigenvalue weighted by molar-refractivity contribution is -0.126. The molecule has 2 saturated carbocycles. The molecule has 0 saturated heterocycles. The number of carbonyl (C=O) groups excluding carboxylic acids is 2. The number of hydrogen-bond donors (Lipinski definition) is 4. The highest BCUT2D eigenvalue weighted by atomic mass is 32.1. The molecule has 13 nitrogen and oxygen atoms in total. The SMILES string of the molecule is COCCOCC(=O)NC[C@H](C)NC1CC(C(=O)Nc2nc3ccc(-c4cnc(CO[C@H]5CCC[C@@H]5O)nc4)c(OC)c3s2)C1. The van der Waals surface area contributed by atoms with Gasteiger partial charge in [0.25, 0.3) is 0 Å². The number of hydrogen-bond acceptors (Lipinski definition) is 12. The van der Waals surface area contributed by atoms with Gasteiger partial charge in [0.15, 0.2) is 11.0 Å². The monoisotopic (exact) mass is 642 g/mol. The molecule has 0 spiro atoms. The van der Waals surface area contributed by atoms with Crippen molar-refractivity contribution in [3.63, 3.8) is 0 Å². The van der Waals surface area contributed by atoms with Gasteiger partial charge in [-0.3, -0.25) is 9.59 Å². The second-order valence-electron chi connectivity index (χ2n) is 11.5. The largest absolute Gasteiger partial charge is 0.495 e. The number of methoxy groups -OCH3 is 2. The van der Waals surface area contributed by atoms with Gasteiger partial charge in [-0.15, -0.1) is 0 Å². The quantitative estimate of drug-likeness (QED) is 0.170. The molecular formula is C31H42N6O7S. The summed E-state index contributed by atoms with van der Waals surface area (Å²) in [6, 6.07) is 4.08. The Kier molecular flexibility index (Phi) is 11.6. The molecule has 3 aromatic rings. The third-order valence-corrected chi connectivity index (χ3v) is 9.09. The van der Waals surface area contributed by atoms with Crippen LogP contribution in [-0.2, 0) is 30.4 Å². The lowest BCUT2D eigenvalue weighted by atomic mass is 9.79. The van der Waals surface area contributed by atoms with E-state index in [4.69, 9.17) is 18.9 Å². The summed E-state index contributed by atoms with van der Waals surface area (Å²) in [7, 11) is 3.19. The molecule has 2 fully saturated rings. The first-order valence-corrected chi connectivity index (χ1v) is 16.1. The van der Waals surface area contributed by atoms with Crippen LogP contribution in [0.5, 0.6) is 5.75 Å². The molecule has 2 aromatic heterocycles. The molecule has 2 amide bonds. The van der Waals surface area contributed by atoms with Crippen molar-refractivity contribution in [2.24, 2.45) is 5.92 Å². The minimum absolute atomic E-state index is 0.00536. The zero-order chi connectivity index (χ0) is 31.8. The van der Waals surface area contributed by atoms with Crippen molar-refractivity contribution >= 4 is 38.5 Å². The van der Waals surface area contributed by atoms with Gasteiger partial charge in [-0.2, -0.15) is 0 Å².